The molecule has 128 valence electrons. The molecule has 0 radical (unpaired) electrons. The van der Waals surface area contributed by atoms with Crippen LogP contribution in [-0.2, 0) is 13.0 Å². The summed E-state index contributed by atoms with van der Waals surface area (Å²) in [6.45, 7) is 1.28. The topological polar surface area (TPSA) is 104 Å². The van der Waals surface area contributed by atoms with Gasteiger partial charge in [-0.25, -0.2) is 4.39 Å². The number of nitrogens with one attached hydrogen (secondary N) is 2. The number of halogens is 1. The molecule has 0 spiro atoms. The highest BCUT2D eigenvalue weighted by Gasteiger charge is 2.10. The zero-order valence-corrected chi connectivity index (χ0v) is 13.6. The second-order valence-electron chi connectivity index (χ2n) is 5.60. The molecule has 0 unspecified atom stereocenters. The second kappa shape index (κ2) is 7.64. The van der Waals surface area contributed by atoms with Crippen LogP contribution in [0.5, 0.6) is 0 Å². The number of rotatable bonds is 7. The third kappa shape index (κ3) is 3.87. The van der Waals surface area contributed by atoms with Crippen LogP contribution in [0.15, 0.2) is 40.8 Å². The van der Waals surface area contributed by atoms with Gasteiger partial charge < -0.3 is 15.5 Å². The van der Waals surface area contributed by atoms with E-state index < -0.39 is 0 Å². The van der Waals surface area contributed by atoms with Gasteiger partial charge in [0.25, 0.3) is 0 Å². The van der Waals surface area contributed by atoms with Crippen LogP contribution in [0.25, 0.3) is 11.3 Å². The highest BCUT2D eigenvalue weighted by molar-refractivity contribution is 5.58. The summed E-state index contributed by atoms with van der Waals surface area (Å²) in [5.74, 6) is 1.19. The lowest BCUT2D eigenvalue weighted by atomic mass is 10.1. The molecule has 0 aliphatic rings. The first-order valence-corrected chi connectivity index (χ1v) is 7.96. The maximum Gasteiger partial charge on any atom is 0.163 e. The zero-order chi connectivity index (χ0) is 17.6. The van der Waals surface area contributed by atoms with Crippen LogP contribution in [0.3, 0.4) is 0 Å². The van der Waals surface area contributed by atoms with Crippen LogP contribution in [0.4, 0.5) is 10.2 Å². The fraction of sp³-hybridized carbons (Fsp3) is 0.222. The Bertz CT molecular complexity index is 893. The molecule has 7 heteroatoms. The van der Waals surface area contributed by atoms with E-state index in [1.807, 2.05) is 12.1 Å². The van der Waals surface area contributed by atoms with Crippen molar-refractivity contribution in [1.82, 2.24) is 15.5 Å². The first kappa shape index (κ1) is 16.7. The summed E-state index contributed by atoms with van der Waals surface area (Å²) in [5.41, 5.74) is 7.22. The molecule has 0 aliphatic heterocycles. The number of aromatic nitrogens is 2. The van der Waals surface area contributed by atoms with Gasteiger partial charge in [0.1, 0.15) is 29.0 Å². The maximum atomic E-state index is 13.7. The molecule has 2 heterocycles. The lowest BCUT2D eigenvalue weighted by Gasteiger charge is -2.03. The quantitative estimate of drug-likeness (QED) is 0.574. The number of H-pyrrole nitrogens is 1. The Hall–Kier alpha value is -3.11. The highest BCUT2D eigenvalue weighted by Crippen LogP contribution is 2.24. The predicted octanol–water partition coefficient (Wildman–Crippen LogP) is 2.99. The van der Waals surface area contributed by atoms with Crippen LogP contribution >= 0.6 is 0 Å². The SMILES string of the molecule is N#Cc1c(N)n[nH]c1CCCNCc1ccc(-c2ccccc2F)o1. The Morgan fingerprint density at radius 3 is 2.92 bits per heavy atom. The molecule has 6 nitrogen and oxygen atoms in total. The summed E-state index contributed by atoms with van der Waals surface area (Å²) in [7, 11) is 0. The van der Waals surface area contributed by atoms with Crippen molar-refractivity contribution in [3.8, 4) is 17.4 Å². The summed E-state index contributed by atoms with van der Waals surface area (Å²) < 4.78 is 19.4. The number of nitriles is 1. The molecule has 25 heavy (non-hydrogen) atoms. The number of hydrogen-bond donors (Lipinski definition) is 3. The van der Waals surface area contributed by atoms with Gasteiger partial charge in [-0.2, -0.15) is 10.4 Å². The van der Waals surface area contributed by atoms with E-state index in [9.17, 15) is 4.39 Å². The van der Waals surface area contributed by atoms with Crippen LogP contribution in [0.1, 0.15) is 23.4 Å². The smallest absolute Gasteiger partial charge is 0.163 e. The first-order chi connectivity index (χ1) is 12.2. The van der Waals surface area contributed by atoms with E-state index in [0.29, 0.717) is 29.9 Å². The number of nitrogens with two attached hydrogens (primary N) is 1. The van der Waals surface area contributed by atoms with Crippen molar-refractivity contribution in [3.63, 3.8) is 0 Å². The average molecular weight is 339 g/mol. The van der Waals surface area contributed by atoms with E-state index in [1.54, 1.807) is 24.3 Å². The maximum absolute atomic E-state index is 13.7. The number of aryl methyl sites for hydroxylation is 1. The van der Waals surface area contributed by atoms with E-state index in [-0.39, 0.29) is 11.6 Å². The summed E-state index contributed by atoms with van der Waals surface area (Å²) in [4.78, 5) is 0. The number of hydrogen-bond acceptors (Lipinski definition) is 5. The molecule has 3 rings (SSSR count). The molecule has 0 amide bonds. The molecule has 0 bridgehead atoms. The second-order valence-corrected chi connectivity index (χ2v) is 5.60. The highest BCUT2D eigenvalue weighted by atomic mass is 19.1. The minimum absolute atomic E-state index is 0.238. The monoisotopic (exact) mass is 339 g/mol. The molecule has 1 aromatic carbocycles. The minimum atomic E-state index is -0.302. The van der Waals surface area contributed by atoms with Gasteiger partial charge in [0.15, 0.2) is 5.82 Å². The summed E-state index contributed by atoms with van der Waals surface area (Å²) in [6, 6.07) is 12.2. The van der Waals surface area contributed by atoms with Gasteiger partial charge in [-0.05, 0) is 43.7 Å². The van der Waals surface area contributed by atoms with Crippen molar-refractivity contribution in [3.05, 3.63) is 59.2 Å². The van der Waals surface area contributed by atoms with Gasteiger partial charge in [0.05, 0.1) is 17.8 Å². The number of furan rings is 1. The molecule has 2 aromatic heterocycles. The molecule has 0 aliphatic carbocycles. The van der Waals surface area contributed by atoms with E-state index >= 15 is 0 Å². The number of benzene rings is 1. The van der Waals surface area contributed by atoms with Crippen molar-refractivity contribution >= 4 is 5.82 Å². The van der Waals surface area contributed by atoms with E-state index in [4.69, 9.17) is 15.4 Å². The van der Waals surface area contributed by atoms with Crippen molar-refractivity contribution < 1.29 is 8.81 Å². The summed E-state index contributed by atoms with van der Waals surface area (Å²) in [6.07, 6.45) is 1.50. The molecule has 4 N–H and O–H groups in total. The van der Waals surface area contributed by atoms with Crippen molar-refractivity contribution in [2.75, 3.05) is 12.3 Å². The van der Waals surface area contributed by atoms with E-state index in [0.717, 1.165) is 24.4 Å². The van der Waals surface area contributed by atoms with Gasteiger partial charge in [-0.1, -0.05) is 12.1 Å². The fourth-order valence-electron chi connectivity index (χ4n) is 2.58. The van der Waals surface area contributed by atoms with Crippen LogP contribution in [0, 0.1) is 17.1 Å². The Labute approximate surface area is 144 Å². The standard InChI is InChI=1S/C18H18FN5O/c19-15-5-2-1-4-13(15)17-8-7-12(25-17)11-22-9-3-6-16-14(10-20)18(21)24-23-16/h1-2,4-5,7-8,22H,3,6,9,11H2,(H3,21,23,24). The third-order valence-corrected chi connectivity index (χ3v) is 3.86. The van der Waals surface area contributed by atoms with E-state index in [1.165, 1.54) is 6.07 Å². The molecule has 0 saturated carbocycles. The minimum Gasteiger partial charge on any atom is -0.460 e. The number of aromatic amines is 1. The van der Waals surface area contributed by atoms with Crippen LogP contribution in [0.2, 0.25) is 0 Å². The molecule has 0 fully saturated rings. The largest absolute Gasteiger partial charge is 0.460 e. The fourth-order valence-corrected chi connectivity index (χ4v) is 2.58. The molecule has 0 saturated heterocycles. The third-order valence-electron chi connectivity index (χ3n) is 3.86. The number of nitrogen functional groups attached to an aromatic ring is 1. The van der Waals surface area contributed by atoms with Gasteiger partial charge in [-0.15, -0.1) is 0 Å². The van der Waals surface area contributed by atoms with Crippen LogP contribution in [-0.4, -0.2) is 16.7 Å². The number of nitrogens with zero attached hydrogens (tertiary/aromatic N) is 2. The van der Waals surface area contributed by atoms with Crippen molar-refractivity contribution in [2.45, 2.75) is 19.4 Å². The Morgan fingerprint density at radius 2 is 2.12 bits per heavy atom. The Balaban J connectivity index is 1.47. The molecule has 0 atom stereocenters. The lowest BCUT2D eigenvalue weighted by molar-refractivity contribution is 0.488. The molecule has 3 aromatic rings. The van der Waals surface area contributed by atoms with Gasteiger partial charge >= 0.3 is 0 Å². The lowest BCUT2D eigenvalue weighted by Crippen LogP contribution is -2.15. The average Bonchev–Trinajstić information content (AvgIpc) is 3.21. The number of anilines is 1. The summed E-state index contributed by atoms with van der Waals surface area (Å²) in [5, 5.41) is 18.9. The molecular formula is C18H18FN5O. The van der Waals surface area contributed by atoms with Gasteiger partial charge in [0, 0.05) is 0 Å². The zero-order valence-electron chi connectivity index (χ0n) is 13.6. The normalized spacial score (nSPS) is 10.7. The van der Waals surface area contributed by atoms with Crippen molar-refractivity contribution in [2.24, 2.45) is 0 Å². The first-order valence-electron chi connectivity index (χ1n) is 7.96. The summed E-state index contributed by atoms with van der Waals surface area (Å²) >= 11 is 0. The predicted molar refractivity (Wildman–Crippen MR) is 91.8 cm³/mol. The van der Waals surface area contributed by atoms with Crippen molar-refractivity contribution in [1.29, 1.82) is 5.26 Å². The molecular weight excluding hydrogens is 321 g/mol. The van der Waals surface area contributed by atoms with Crippen LogP contribution < -0.4 is 11.1 Å². The van der Waals surface area contributed by atoms with Gasteiger partial charge in [0.2, 0.25) is 0 Å². The van der Waals surface area contributed by atoms with Gasteiger partial charge in [-0.3, -0.25) is 5.10 Å². The Morgan fingerprint density at radius 1 is 1.28 bits per heavy atom. The Kier molecular flexibility index (Phi) is 5.11. The van der Waals surface area contributed by atoms with E-state index in [2.05, 4.69) is 15.5 Å².